The molecule has 1 aromatic heterocycles. The highest BCUT2D eigenvalue weighted by atomic mass is 16.5. The number of ketones is 1. The molecule has 0 aliphatic carbocycles. The third-order valence-electron chi connectivity index (χ3n) is 8.81. The number of ether oxygens (including phenoxy) is 6. The summed E-state index contributed by atoms with van der Waals surface area (Å²) in [5, 5.41) is 20.9. The van der Waals surface area contributed by atoms with Crippen LogP contribution in [-0.4, -0.2) is 55.6 Å². The van der Waals surface area contributed by atoms with Crippen LogP contribution in [0.15, 0.2) is 57.3 Å². The van der Waals surface area contributed by atoms with E-state index in [1.165, 1.54) is 32.4 Å². The normalized spacial score (nSPS) is 17.6. The summed E-state index contributed by atoms with van der Waals surface area (Å²) in [4.78, 5) is 25.6. The quantitative estimate of drug-likeness (QED) is 0.209. The number of Topliss-reactive ketones (excluding diaryl/α,β-unsaturated/α-hetero) is 1. The second-order valence-corrected chi connectivity index (χ2v) is 13.1. The Hall–Kier alpha value is -5.58. The molecule has 3 aromatic carbocycles. The van der Waals surface area contributed by atoms with Crippen molar-refractivity contribution >= 4 is 22.8 Å². The van der Waals surface area contributed by atoms with Crippen molar-refractivity contribution in [1.29, 1.82) is 0 Å². The van der Waals surface area contributed by atoms with E-state index in [2.05, 4.69) is 0 Å². The maximum atomic E-state index is 13.6. The molecule has 2 N–H and O–H groups in total. The second-order valence-electron chi connectivity index (χ2n) is 13.1. The smallest absolute Gasteiger partial charge is 0.196 e. The molecule has 0 fully saturated rings. The minimum absolute atomic E-state index is 0.119. The average molecular weight is 685 g/mol. The molecule has 0 saturated carbocycles. The summed E-state index contributed by atoms with van der Waals surface area (Å²) < 4.78 is 39.8. The van der Waals surface area contributed by atoms with Gasteiger partial charge >= 0.3 is 0 Å². The van der Waals surface area contributed by atoms with Crippen LogP contribution in [0, 0.1) is 6.92 Å². The first kappa shape index (κ1) is 34.3. The maximum Gasteiger partial charge on any atom is 0.196 e. The van der Waals surface area contributed by atoms with Crippen LogP contribution in [0.5, 0.6) is 46.0 Å². The molecule has 0 saturated heterocycles. The molecular weight excluding hydrogens is 644 g/mol. The number of phenols is 2. The molecule has 2 atom stereocenters. The molecule has 11 nitrogen and oxygen atoms in total. The Morgan fingerprint density at radius 3 is 2.32 bits per heavy atom. The number of hydrogen-bond donors (Lipinski definition) is 2. The van der Waals surface area contributed by atoms with Crippen LogP contribution in [0.2, 0.25) is 0 Å². The molecule has 4 heterocycles. The summed E-state index contributed by atoms with van der Waals surface area (Å²) in [6, 6.07) is 7.76. The largest absolute Gasteiger partial charge is 0.507 e. The maximum absolute atomic E-state index is 13.6. The van der Waals surface area contributed by atoms with E-state index >= 15 is 0 Å². The highest BCUT2D eigenvalue weighted by molar-refractivity contribution is 6.08. The van der Waals surface area contributed by atoms with Gasteiger partial charge in [0.25, 0.3) is 0 Å². The zero-order valence-corrected chi connectivity index (χ0v) is 29.3. The lowest BCUT2D eigenvalue weighted by Gasteiger charge is -2.39. The van der Waals surface area contributed by atoms with Crippen LogP contribution < -0.4 is 33.8 Å². The summed E-state index contributed by atoms with van der Waals surface area (Å²) in [6.45, 7) is 9.73. The Morgan fingerprint density at radius 2 is 1.64 bits per heavy atom. The van der Waals surface area contributed by atoms with Gasteiger partial charge in [-0.25, -0.2) is 0 Å². The van der Waals surface area contributed by atoms with Gasteiger partial charge in [0.1, 0.15) is 75.1 Å². The molecule has 0 amide bonds. The van der Waals surface area contributed by atoms with Crippen LogP contribution in [0.3, 0.4) is 0 Å². The van der Waals surface area contributed by atoms with Crippen molar-refractivity contribution in [2.75, 3.05) is 27.9 Å². The lowest BCUT2D eigenvalue weighted by atomic mass is 9.80. The van der Waals surface area contributed by atoms with Crippen LogP contribution >= 0.6 is 0 Å². The van der Waals surface area contributed by atoms with Gasteiger partial charge in [0.15, 0.2) is 22.7 Å². The van der Waals surface area contributed by atoms with E-state index in [9.17, 15) is 19.8 Å². The van der Waals surface area contributed by atoms with Gasteiger partial charge in [-0.2, -0.15) is 0 Å². The number of methoxy groups -OCH3 is 3. The van der Waals surface area contributed by atoms with E-state index in [1.807, 2.05) is 45.9 Å². The number of aryl methyl sites for hydroxylation is 1. The molecule has 3 aliphatic heterocycles. The van der Waals surface area contributed by atoms with Crippen molar-refractivity contribution in [3.05, 3.63) is 86.3 Å². The van der Waals surface area contributed by atoms with E-state index < -0.39 is 17.6 Å². The summed E-state index contributed by atoms with van der Waals surface area (Å²) >= 11 is 0. The monoisotopic (exact) mass is 684 g/mol. The van der Waals surface area contributed by atoms with Crippen molar-refractivity contribution in [1.82, 2.24) is 0 Å². The number of aromatic hydroxyl groups is 2. The molecule has 2 unspecified atom stereocenters. The number of rotatable bonds is 5. The molecule has 0 spiro atoms. The van der Waals surface area contributed by atoms with Crippen molar-refractivity contribution in [3.63, 3.8) is 0 Å². The van der Waals surface area contributed by atoms with Gasteiger partial charge in [-0.15, -0.1) is 0 Å². The Kier molecular flexibility index (Phi) is 8.94. The fourth-order valence-electron chi connectivity index (χ4n) is 6.41. The standard InChI is InChI=1S/C23H22O7.C16H18O4/c1-23(2)6-5-11-15(30-23)8-13(24)20-21(25)19-12-7-16(26-3)17(27-4)9-14(12)28-10-18(19)29-22(11)20;1-9(2)5-6-11-14(19-4)8-13(18)15-12(17)7-10(3)20-16(11)15/h5-9,18-19,24H,10H2,1-4H3;5,7-8,18H,6H2,1-4H3. The van der Waals surface area contributed by atoms with Crippen LogP contribution in [-0.2, 0) is 6.42 Å². The number of allylic oxidation sites excluding steroid dienone is 2. The molecule has 50 heavy (non-hydrogen) atoms. The van der Waals surface area contributed by atoms with E-state index in [0.29, 0.717) is 63.4 Å². The minimum Gasteiger partial charge on any atom is -0.507 e. The molecular formula is C39H40O11. The third kappa shape index (κ3) is 6.08. The van der Waals surface area contributed by atoms with Crippen LogP contribution in [0.25, 0.3) is 17.0 Å². The fraction of sp³-hybridized carbons (Fsp3) is 0.333. The number of carbonyl (C=O) groups excluding carboxylic acids is 1. The van der Waals surface area contributed by atoms with Gasteiger partial charge in [0.05, 0.1) is 32.8 Å². The van der Waals surface area contributed by atoms with Crippen molar-refractivity contribution in [3.8, 4) is 46.0 Å². The second kappa shape index (κ2) is 13.0. The molecule has 3 aliphatic rings. The molecule has 262 valence electrons. The number of fused-ring (bicyclic) bond motifs is 7. The van der Waals surface area contributed by atoms with Crippen molar-refractivity contribution in [2.24, 2.45) is 0 Å². The Morgan fingerprint density at radius 1 is 0.940 bits per heavy atom. The topological polar surface area (TPSA) is 143 Å². The Labute approximate surface area is 289 Å². The van der Waals surface area contributed by atoms with E-state index in [1.54, 1.807) is 26.2 Å². The summed E-state index contributed by atoms with van der Waals surface area (Å²) in [5.41, 5.74) is 3.00. The minimum atomic E-state index is -0.630. The lowest BCUT2D eigenvalue weighted by molar-refractivity contribution is 0.0547. The van der Waals surface area contributed by atoms with Crippen molar-refractivity contribution < 1.29 is 47.8 Å². The van der Waals surface area contributed by atoms with E-state index in [4.69, 9.17) is 32.8 Å². The van der Waals surface area contributed by atoms with E-state index in [0.717, 1.165) is 11.1 Å². The van der Waals surface area contributed by atoms with E-state index in [-0.39, 0.29) is 40.3 Å². The molecule has 7 rings (SSSR count). The number of phenolic OH excluding ortho intramolecular Hbond substituents is 2. The fourth-order valence-corrected chi connectivity index (χ4v) is 6.41. The SMILES string of the molecule is COc1cc(O)c2c(=O)cc(C)oc2c1CC=C(C)C.COc1cc2c(cc1OC)C1C(=O)c3c(O)cc4c(c3OC1CO2)C=CC(C)(C)O4. The predicted octanol–water partition coefficient (Wildman–Crippen LogP) is 7.04. The summed E-state index contributed by atoms with van der Waals surface area (Å²) in [6.07, 6.45) is 5.84. The zero-order valence-electron chi connectivity index (χ0n) is 29.3. The Bertz CT molecular complexity index is 2130. The van der Waals surface area contributed by atoms with Gasteiger partial charge in [-0.05, 0) is 59.3 Å². The van der Waals surface area contributed by atoms with Crippen LogP contribution in [0.4, 0.5) is 0 Å². The molecule has 0 bridgehead atoms. The zero-order chi connectivity index (χ0) is 36.1. The molecule has 4 aromatic rings. The lowest BCUT2D eigenvalue weighted by Crippen LogP contribution is -2.43. The highest BCUT2D eigenvalue weighted by Gasteiger charge is 2.46. The van der Waals surface area contributed by atoms with Crippen LogP contribution in [0.1, 0.15) is 66.4 Å². The number of hydrogen-bond acceptors (Lipinski definition) is 11. The van der Waals surface area contributed by atoms with Gasteiger partial charge in [0.2, 0.25) is 0 Å². The first-order valence-corrected chi connectivity index (χ1v) is 16.1. The third-order valence-corrected chi connectivity index (χ3v) is 8.81. The number of carbonyl (C=O) groups is 1. The summed E-state index contributed by atoms with van der Waals surface area (Å²) in [5.74, 6) is 2.24. The van der Waals surface area contributed by atoms with Gasteiger partial charge < -0.3 is 43.1 Å². The average Bonchev–Trinajstić information content (AvgIpc) is 3.05. The first-order valence-electron chi connectivity index (χ1n) is 16.1. The molecule has 11 heteroatoms. The van der Waals surface area contributed by atoms with Gasteiger partial charge in [-0.3, -0.25) is 9.59 Å². The predicted molar refractivity (Wildman–Crippen MR) is 187 cm³/mol. The van der Waals surface area contributed by atoms with Crippen molar-refractivity contribution in [2.45, 2.75) is 58.7 Å². The Balaban J connectivity index is 0.000000189. The molecule has 0 radical (unpaired) electrons. The summed E-state index contributed by atoms with van der Waals surface area (Å²) in [7, 11) is 4.60. The highest BCUT2D eigenvalue weighted by Crippen LogP contribution is 2.52. The first-order chi connectivity index (χ1) is 23.8. The number of benzene rings is 3. The van der Waals surface area contributed by atoms with Gasteiger partial charge in [0, 0.05) is 35.4 Å². The van der Waals surface area contributed by atoms with Gasteiger partial charge in [-0.1, -0.05) is 11.6 Å².